The van der Waals surface area contributed by atoms with Crippen molar-refractivity contribution in [3.8, 4) is 5.75 Å². The summed E-state index contributed by atoms with van der Waals surface area (Å²) >= 11 is 9.36. The summed E-state index contributed by atoms with van der Waals surface area (Å²) in [5.74, 6) is -0.473. The Morgan fingerprint density at radius 3 is 2.71 bits per heavy atom. The van der Waals surface area contributed by atoms with Crippen LogP contribution in [-0.2, 0) is 9.59 Å². The van der Waals surface area contributed by atoms with E-state index in [0.29, 0.717) is 20.9 Å². The molecule has 2 N–H and O–H groups in total. The van der Waals surface area contributed by atoms with Crippen molar-refractivity contribution < 1.29 is 19.4 Å². The number of imide groups is 1. The quantitative estimate of drug-likeness (QED) is 0.767. The van der Waals surface area contributed by atoms with Crippen LogP contribution in [0.5, 0.6) is 5.75 Å². The first-order chi connectivity index (χ1) is 9.97. The van der Waals surface area contributed by atoms with Crippen LogP contribution in [0, 0.1) is 0 Å². The van der Waals surface area contributed by atoms with Crippen LogP contribution < -0.4 is 10.1 Å². The van der Waals surface area contributed by atoms with Crippen LogP contribution in [0.1, 0.15) is 0 Å². The Bertz CT molecular complexity index is 610. The Morgan fingerprint density at radius 1 is 1.43 bits per heavy atom. The number of hydrogen-bond acceptors (Lipinski definition) is 5. The molecular formula is C13H12BrClN2O4. The van der Waals surface area contributed by atoms with Crippen molar-refractivity contribution in [2.75, 3.05) is 25.6 Å². The second-order valence-electron chi connectivity index (χ2n) is 4.17. The first-order valence-electron chi connectivity index (χ1n) is 5.96. The Hall–Kier alpha value is -1.57. The van der Waals surface area contributed by atoms with Crippen LogP contribution in [0.4, 0.5) is 5.69 Å². The molecule has 8 heteroatoms. The minimum absolute atomic E-state index is 0.0353. The molecule has 1 aromatic carbocycles. The summed E-state index contributed by atoms with van der Waals surface area (Å²) in [5, 5.41) is 12.0. The SMILES string of the molecule is COc1c(Cl)cc(NC2=CC(=O)N(CCO)C2=O)cc1Br. The van der Waals surface area contributed by atoms with Gasteiger partial charge in [0.1, 0.15) is 5.70 Å². The molecule has 0 saturated heterocycles. The number of hydrogen-bond donors (Lipinski definition) is 2. The van der Waals surface area contributed by atoms with Gasteiger partial charge in [-0.2, -0.15) is 0 Å². The van der Waals surface area contributed by atoms with E-state index in [2.05, 4.69) is 21.2 Å². The molecule has 1 aromatic rings. The van der Waals surface area contributed by atoms with Crippen molar-refractivity contribution >= 4 is 45.0 Å². The van der Waals surface area contributed by atoms with E-state index in [9.17, 15) is 9.59 Å². The van der Waals surface area contributed by atoms with Crippen molar-refractivity contribution in [2.45, 2.75) is 0 Å². The van der Waals surface area contributed by atoms with Crippen LogP contribution in [0.15, 0.2) is 28.4 Å². The topological polar surface area (TPSA) is 78.9 Å². The molecule has 2 rings (SSSR count). The Labute approximate surface area is 134 Å². The van der Waals surface area contributed by atoms with E-state index >= 15 is 0 Å². The molecule has 0 radical (unpaired) electrons. The second kappa shape index (κ2) is 6.46. The van der Waals surface area contributed by atoms with E-state index in [1.165, 1.54) is 13.2 Å². The van der Waals surface area contributed by atoms with Crippen molar-refractivity contribution in [3.05, 3.63) is 33.4 Å². The molecule has 21 heavy (non-hydrogen) atoms. The highest BCUT2D eigenvalue weighted by atomic mass is 79.9. The van der Waals surface area contributed by atoms with Gasteiger partial charge in [-0.1, -0.05) is 11.6 Å². The number of ether oxygens (including phenoxy) is 1. The number of nitrogens with one attached hydrogen (secondary N) is 1. The molecule has 1 heterocycles. The largest absolute Gasteiger partial charge is 0.494 e. The molecule has 0 aromatic heterocycles. The van der Waals surface area contributed by atoms with Crippen LogP contribution in [0.2, 0.25) is 5.02 Å². The lowest BCUT2D eigenvalue weighted by Crippen LogP contribution is -2.34. The zero-order valence-electron chi connectivity index (χ0n) is 11.0. The third-order valence-corrected chi connectivity index (χ3v) is 3.68. The molecule has 0 atom stereocenters. The Balaban J connectivity index is 2.22. The number of carbonyl (C=O) groups excluding carboxylic acids is 2. The number of carbonyl (C=O) groups is 2. The van der Waals surface area contributed by atoms with Gasteiger partial charge in [-0.05, 0) is 28.1 Å². The van der Waals surface area contributed by atoms with Gasteiger partial charge in [-0.25, -0.2) is 0 Å². The molecule has 1 aliphatic heterocycles. The predicted molar refractivity (Wildman–Crippen MR) is 81.2 cm³/mol. The summed E-state index contributed by atoms with van der Waals surface area (Å²) in [4.78, 5) is 24.6. The average molecular weight is 376 g/mol. The molecule has 112 valence electrons. The second-order valence-corrected chi connectivity index (χ2v) is 5.44. The maximum atomic E-state index is 12.0. The third kappa shape index (κ3) is 3.20. The van der Waals surface area contributed by atoms with Gasteiger partial charge in [0.05, 0.1) is 29.8 Å². The van der Waals surface area contributed by atoms with Gasteiger partial charge in [-0.15, -0.1) is 0 Å². The van der Waals surface area contributed by atoms with E-state index < -0.39 is 11.8 Å². The number of anilines is 1. The molecule has 0 spiro atoms. The fourth-order valence-corrected chi connectivity index (χ4v) is 2.93. The zero-order chi connectivity index (χ0) is 15.6. The third-order valence-electron chi connectivity index (χ3n) is 2.81. The molecule has 0 bridgehead atoms. The van der Waals surface area contributed by atoms with Crippen LogP contribution >= 0.6 is 27.5 Å². The molecule has 0 aliphatic carbocycles. The molecule has 2 amide bonds. The van der Waals surface area contributed by atoms with Crippen LogP contribution in [-0.4, -0.2) is 42.1 Å². The first kappa shape index (κ1) is 15.8. The van der Waals surface area contributed by atoms with Crippen molar-refractivity contribution in [1.82, 2.24) is 4.90 Å². The normalized spacial score (nSPS) is 14.5. The van der Waals surface area contributed by atoms with Crippen LogP contribution in [0.25, 0.3) is 0 Å². The standard InChI is InChI=1S/C13H12BrClN2O4/c1-21-12-8(14)4-7(5-9(12)15)16-10-6-11(19)17(2-3-18)13(10)20/h4-6,16,18H,2-3H2,1H3. The summed E-state index contributed by atoms with van der Waals surface area (Å²) in [7, 11) is 1.49. The monoisotopic (exact) mass is 374 g/mol. The van der Waals surface area contributed by atoms with Gasteiger partial charge >= 0.3 is 0 Å². The number of methoxy groups -OCH3 is 1. The molecule has 0 saturated carbocycles. The van der Waals surface area contributed by atoms with E-state index in [1.54, 1.807) is 12.1 Å². The summed E-state index contributed by atoms with van der Waals surface area (Å²) in [6.07, 6.45) is 1.18. The van der Waals surface area contributed by atoms with Gasteiger partial charge < -0.3 is 15.2 Å². The van der Waals surface area contributed by atoms with Gasteiger partial charge in [0, 0.05) is 11.8 Å². The minimum atomic E-state index is -0.489. The highest BCUT2D eigenvalue weighted by Crippen LogP contribution is 2.36. The zero-order valence-corrected chi connectivity index (χ0v) is 13.4. The summed E-state index contributed by atoms with van der Waals surface area (Å²) in [5.41, 5.74) is 0.660. The van der Waals surface area contributed by atoms with Gasteiger partial charge in [0.15, 0.2) is 5.75 Å². The Kier molecular flexibility index (Phi) is 4.87. The number of halogens is 2. The number of β-amino-alcohol motifs (C(OH)–C–C–N with tert-alkyl or cyclic N) is 1. The Morgan fingerprint density at radius 2 is 2.14 bits per heavy atom. The molecule has 0 unspecified atom stereocenters. The van der Waals surface area contributed by atoms with Gasteiger partial charge in [0.25, 0.3) is 11.8 Å². The number of rotatable bonds is 5. The maximum absolute atomic E-state index is 12.0. The van der Waals surface area contributed by atoms with E-state index in [4.69, 9.17) is 21.4 Å². The van der Waals surface area contributed by atoms with Crippen molar-refractivity contribution in [3.63, 3.8) is 0 Å². The smallest absolute Gasteiger partial charge is 0.277 e. The first-order valence-corrected chi connectivity index (χ1v) is 7.13. The lowest BCUT2D eigenvalue weighted by molar-refractivity contribution is -0.137. The highest BCUT2D eigenvalue weighted by Gasteiger charge is 2.30. The summed E-state index contributed by atoms with van der Waals surface area (Å²) in [6, 6.07) is 3.26. The van der Waals surface area contributed by atoms with Crippen molar-refractivity contribution in [1.29, 1.82) is 0 Å². The molecule has 0 fully saturated rings. The van der Waals surface area contributed by atoms with Crippen molar-refractivity contribution in [2.24, 2.45) is 0 Å². The highest BCUT2D eigenvalue weighted by molar-refractivity contribution is 9.10. The molecule has 1 aliphatic rings. The number of aliphatic hydroxyl groups is 1. The number of amides is 2. The minimum Gasteiger partial charge on any atom is -0.494 e. The molecule has 6 nitrogen and oxygen atoms in total. The lowest BCUT2D eigenvalue weighted by Gasteiger charge is -2.14. The summed E-state index contributed by atoms with van der Waals surface area (Å²) < 4.78 is 5.72. The van der Waals surface area contributed by atoms with Crippen LogP contribution in [0.3, 0.4) is 0 Å². The van der Waals surface area contributed by atoms with E-state index in [-0.39, 0.29) is 18.8 Å². The fraction of sp³-hybridized carbons (Fsp3) is 0.231. The number of benzene rings is 1. The van der Waals surface area contributed by atoms with Gasteiger partial charge in [0.2, 0.25) is 0 Å². The van der Waals surface area contributed by atoms with Gasteiger partial charge in [-0.3, -0.25) is 14.5 Å². The lowest BCUT2D eigenvalue weighted by atomic mass is 10.3. The summed E-state index contributed by atoms with van der Waals surface area (Å²) in [6.45, 7) is -0.315. The maximum Gasteiger partial charge on any atom is 0.277 e. The molecular weight excluding hydrogens is 364 g/mol. The predicted octanol–water partition coefficient (Wildman–Crippen LogP) is 1.77. The fourth-order valence-electron chi connectivity index (χ4n) is 1.89. The van der Waals surface area contributed by atoms with E-state index in [1.807, 2.05) is 0 Å². The number of nitrogens with zero attached hydrogens (tertiary/aromatic N) is 1. The number of aliphatic hydroxyl groups excluding tert-OH is 1. The average Bonchev–Trinajstić information content (AvgIpc) is 2.66. The van der Waals surface area contributed by atoms with E-state index in [0.717, 1.165) is 4.90 Å².